The summed E-state index contributed by atoms with van der Waals surface area (Å²) in [5.41, 5.74) is 1.21. The molecule has 1 aromatic heterocycles. The molecule has 0 bridgehead atoms. The molecule has 112 valence electrons. The molecule has 4 heteroatoms. The van der Waals surface area contributed by atoms with Gasteiger partial charge in [0.2, 0.25) is 5.88 Å². The number of aromatic nitrogens is 1. The maximum Gasteiger partial charge on any atom is 0.218 e. The van der Waals surface area contributed by atoms with E-state index in [0.29, 0.717) is 6.10 Å². The van der Waals surface area contributed by atoms with Crippen LogP contribution in [0.25, 0.3) is 0 Å². The molecule has 1 aliphatic carbocycles. The summed E-state index contributed by atoms with van der Waals surface area (Å²) in [4.78, 5) is 4.46. The zero-order valence-electron chi connectivity index (χ0n) is 12.7. The summed E-state index contributed by atoms with van der Waals surface area (Å²) >= 11 is 3.50. The summed E-state index contributed by atoms with van der Waals surface area (Å²) in [7, 11) is 0. The summed E-state index contributed by atoms with van der Waals surface area (Å²) in [6.07, 6.45) is 8.36. The Hall–Kier alpha value is -0.610. The monoisotopic (exact) mass is 340 g/mol. The van der Waals surface area contributed by atoms with Crippen LogP contribution < -0.4 is 10.1 Å². The van der Waals surface area contributed by atoms with Crippen molar-refractivity contribution in [2.45, 2.75) is 71.1 Å². The van der Waals surface area contributed by atoms with Crippen molar-refractivity contribution < 1.29 is 4.74 Å². The lowest BCUT2D eigenvalue weighted by molar-refractivity contribution is 0.146. The second-order valence-corrected chi connectivity index (χ2v) is 7.51. The molecule has 1 saturated carbocycles. The van der Waals surface area contributed by atoms with E-state index < -0.39 is 0 Å². The third-order valence-corrected chi connectivity index (χ3v) is 3.97. The molecule has 0 saturated heterocycles. The van der Waals surface area contributed by atoms with Crippen LogP contribution in [0.2, 0.25) is 0 Å². The highest BCUT2D eigenvalue weighted by Gasteiger charge is 2.18. The van der Waals surface area contributed by atoms with Crippen molar-refractivity contribution in [3.05, 3.63) is 22.3 Å². The van der Waals surface area contributed by atoms with Crippen LogP contribution >= 0.6 is 15.9 Å². The van der Waals surface area contributed by atoms with Gasteiger partial charge in [0.15, 0.2) is 0 Å². The highest BCUT2D eigenvalue weighted by Crippen LogP contribution is 2.26. The first kappa shape index (κ1) is 15.8. The van der Waals surface area contributed by atoms with Crippen LogP contribution in [-0.2, 0) is 6.54 Å². The summed E-state index contributed by atoms with van der Waals surface area (Å²) in [6.45, 7) is 7.28. The van der Waals surface area contributed by atoms with Gasteiger partial charge in [0.25, 0.3) is 0 Å². The van der Waals surface area contributed by atoms with E-state index in [9.17, 15) is 0 Å². The molecule has 1 N–H and O–H groups in total. The van der Waals surface area contributed by atoms with E-state index in [0.717, 1.165) is 35.3 Å². The van der Waals surface area contributed by atoms with Crippen molar-refractivity contribution in [2.75, 3.05) is 0 Å². The minimum absolute atomic E-state index is 0.0877. The Morgan fingerprint density at radius 2 is 2.00 bits per heavy atom. The Bertz CT molecular complexity index is 437. The molecule has 0 aromatic carbocycles. The number of hydrogen-bond acceptors (Lipinski definition) is 3. The maximum absolute atomic E-state index is 6.13. The van der Waals surface area contributed by atoms with Gasteiger partial charge in [-0.05, 0) is 68.5 Å². The molecule has 0 spiro atoms. The quantitative estimate of drug-likeness (QED) is 0.879. The normalized spacial score (nSPS) is 17.2. The van der Waals surface area contributed by atoms with Crippen molar-refractivity contribution in [1.82, 2.24) is 10.3 Å². The second kappa shape index (κ2) is 6.90. The van der Waals surface area contributed by atoms with Gasteiger partial charge in [-0.25, -0.2) is 4.98 Å². The largest absolute Gasteiger partial charge is 0.474 e. The fraction of sp³-hybridized carbons (Fsp3) is 0.688. The van der Waals surface area contributed by atoms with Crippen molar-refractivity contribution in [2.24, 2.45) is 0 Å². The van der Waals surface area contributed by atoms with Crippen molar-refractivity contribution in [3.8, 4) is 5.88 Å². The molecule has 0 radical (unpaired) electrons. The lowest BCUT2D eigenvalue weighted by Gasteiger charge is -2.25. The summed E-state index contributed by atoms with van der Waals surface area (Å²) in [5.74, 6) is 0.789. The topological polar surface area (TPSA) is 34.2 Å². The van der Waals surface area contributed by atoms with Gasteiger partial charge in [0.05, 0.1) is 0 Å². The van der Waals surface area contributed by atoms with Crippen molar-refractivity contribution in [3.63, 3.8) is 0 Å². The lowest BCUT2D eigenvalue weighted by Crippen LogP contribution is -2.35. The van der Waals surface area contributed by atoms with Crippen LogP contribution in [0.3, 0.4) is 0 Å². The zero-order valence-corrected chi connectivity index (χ0v) is 14.3. The fourth-order valence-electron chi connectivity index (χ4n) is 2.40. The maximum atomic E-state index is 6.13. The number of nitrogens with one attached hydrogen (secondary N) is 1. The summed E-state index contributed by atoms with van der Waals surface area (Å²) in [6, 6.07) is 2.10. The molecule has 1 heterocycles. The predicted octanol–water partition coefficient (Wildman–Crippen LogP) is 4.44. The Morgan fingerprint density at radius 3 is 2.65 bits per heavy atom. The van der Waals surface area contributed by atoms with Crippen LogP contribution in [0.4, 0.5) is 0 Å². The SMILES string of the molecule is CC(C)(C)NCc1cc(Br)cnc1OC1CCCCC1. The zero-order chi connectivity index (χ0) is 14.6. The highest BCUT2D eigenvalue weighted by atomic mass is 79.9. The van der Waals surface area contributed by atoms with Gasteiger partial charge in [0.1, 0.15) is 6.10 Å². The number of halogens is 1. The molecule has 1 aromatic rings. The summed E-state index contributed by atoms with van der Waals surface area (Å²) < 4.78 is 7.13. The predicted molar refractivity (Wildman–Crippen MR) is 86.0 cm³/mol. The van der Waals surface area contributed by atoms with Gasteiger partial charge < -0.3 is 10.1 Å². The molecule has 0 amide bonds. The van der Waals surface area contributed by atoms with Gasteiger partial charge in [0, 0.05) is 28.3 Å². The molecule has 1 fully saturated rings. The Balaban J connectivity index is 2.06. The Labute approximate surface area is 130 Å². The standard InChI is InChI=1S/C16H25BrN2O/c1-16(2,3)19-10-12-9-13(17)11-18-15(12)20-14-7-5-4-6-8-14/h9,11,14,19H,4-8,10H2,1-3H3. The van der Waals surface area contributed by atoms with Gasteiger partial charge in [-0.1, -0.05) is 6.42 Å². The van der Waals surface area contributed by atoms with E-state index in [1.165, 1.54) is 19.3 Å². The number of rotatable bonds is 4. The lowest BCUT2D eigenvalue weighted by atomic mass is 9.98. The molecular weight excluding hydrogens is 316 g/mol. The third kappa shape index (κ3) is 5.06. The van der Waals surface area contributed by atoms with Gasteiger partial charge in [-0.3, -0.25) is 0 Å². The third-order valence-electron chi connectivity index (χ3n) is 3.53. The molecule has 0 aliphatic heterocycles. The number of nitrogens with zero attached hydrogens (tertiary/aromatic N) is 1. The smallest absolute Gasteiger partial charge is 0.218 e. The van der Waals surface area contributed by atoms with Gasteiger partial charge in [-0.2, -0.15) is 0 Å². The van der Waals surface area contributed by atoms with Crippen molar-refractivity contribution >= 4 is 15.9 Å². The van der Waals surface area contributed by atoms with Crippen LogP contribution in [0, 0.1) is 0 Å². The van der Waals surface area contributed by atoms with Crippen molar-refractivity contribution in [1.29, 1.82) is 0 Å². The fourth-order valence-corrected chi connectivity index (χ4v) is 2.78. The van der Waals surface area contributed by atoms with Crippen LogP contribution in [-0.4, -0.2) is 16.6 Å². The van der Waals surface area contributed by atoms with Crippen LogP contribution in [0.15, 0.2) is 16.7 Å². The van der Waals surface area contributed by atoms with E-state index in [2.05, 4.69) is 53.1 Å². The van der Waals surface area contributed by atoms with E-state index in [1.54, 1.807) is 0 Å². The average molecular weight is 341 g/mol. The van der Waals surface area contributed by atoms with E-state index in [1.807, 2.05) is 6.20 Å². The molecule has 20 heavy (non-hydrogen) atoms. The Morgan fingerprint density at radius 1 is 1.30 bits per heavy atom. The average Bonchev–Trinajstić information content (AvgIpc) is 2.39. The molecular formula is C16H25BrN2O. The highest BCUT2D eigenvalue weighted by molar-refractivity contribution is 9.10. The first-order valence-corrected chi connectivity index (χ1v) is 8.29. The molecule has 2 rings (SSSR count). The number of hydrogen-bond donors (Lipinski definition) is 1. The van der Waals surface area contributed by atoms with Gasteiger partial charge >= 0.3 is 0 Å². The van der Waals surface area contributed by atoms with E-state index in [-0.39, 0.29) is 5.54 Å². The van der Waals surface area contributed by atoms with E-state index >= 15 is 0 Å². The number of ether oxygens (including phenoxy) is 1. The second-order valence-electron chi connectivity index (χ2n) is 6.60. The molecule has 1 aliphatic rings. The number of pyridine rings is 1. The minimum Gasteiger partial charge on any atom is -0.474 e. The Kier molecular flexibility index (Phi) is 5.44. The molecule has 0 atom stereocenters. The summed E-state index contributed by atoms with van der Waals surface area (Å²) in [5, 5.41) is 3.50. The first-order chi connectivity index (χ1) is 9.44. The van der Waals surface area contributed by atoms with E-state index in [4.69, 9.17) is 4.74 Å². The van der Waals surface area contributed by atoms with Crippen LogP contribution in [0.5, 0.6) is 5.88 Å². The molecule has 0 unspecified atom stereocenters. The first-order valence-electron chi connectivity index (χ1n) is 7.50. The minimum atomic E-state index is 0.0877. The molecule has 3 nitrogen and oxygen atoms in total. The van der Waals surface area contributed by atoms with Gasteiger partial charge in [-0.15, -0.1) is 0 Å². The van der Waals surface area contributed by atoms with Crippen LogP contribution in [0.1, 0.15) is 58.4 Å².